The quantitative estimate of drug-likeness (QED) is 0.604. The summed E-state index contributed by atoms with van der Waals surface area (Å²) in [5.41, 5.74) is 5.37. The van der Waals surface area contributed by atoms with Gasteiger partial charge in [-0.2, -0.15) is 5.26 Å². The minimum atomic E-state index is -0.963. The van der Waals surface area contributed by atoms with Crippen molar-refractivity contribution in [2.24, 2.45) is 10.9 Å². The largest absolute Gasteiger partial charge is 0.389 e. The highest BCUT2D eigenvalue weighted by Gasteiger charge is 2.31. The number of hydrogen-bond donors (Lipinski definition) is 1. The molecule has 5 nitrogen and oxygen atoms in total. The maximum atomic E-state index is 10.7. The lowest BCUT2D eigenvalue weighted by atomic mass is 10.1. The van der Waals surface area contributed by atoms with Crippen LogP contribution in [0.15, 0.2) is 5.16 Å². The summed E-state index contributed by atoms with van der Waals surface area (Å²) in [4.78, 5) is 15.5. The Hall–Kier alpha value is -1.12. The van der Waals surface area contributed by atoms with Gasteiger partial charge in [-0.15, -0.1) is 0 Å². The number of nitrogens with two attached hydrogens (primary N) is 1. The third-order valence-electron chi connectivity index (χ3n) is 1.47. The first-order valence-corrected chi connectivity index (χ1v) is 3.60. The van der Waals surface area contributed by atoms with Crippen LogP contribution >= 0.6 is 11.6 Å². The molecule has 2 atom stereocenters. The molecule has 0 aromatic carbocycles. The number of nitrogens with zero attached hydrogens (tertiary/aromatic N) is 2. The Labute approximate surface area is 73.7 Å². The Morgan fingerprint density at radius 2 is 2.67 bits per heavy atom. The average Bonchev–Trinajstić information content (AvgIpc) is 2.49. The highest BCUT2D eigenvalue weighted by Crippen LogP contribution is 2.15. The molecule has 0 saturated carbocycles. The molecule has 1 aliphatic rings. The summed E-state index contributed by atoms with van der Waals surface area (Å²) in [6.07, 6.45) is -0.305. The third kappa shape index (κ3) is 1.72. The van der Waals surface area contributed by atoms with Crippen LogP contribution in [0.5, 0.6) is 0 Å². The lowest BCUT2D eigenvalue weighted by Crippen LogP contribution is -2.41. The second-order valence-electron chi connectivity index (χ2n) is 2.32. The van der Waals surface area contributed by atoms with Crippen LogP contribution in [-0.4, -0.2) is 23.1 Å². The summed E-state index contributed by atoms with van der Waals surface area (Å²) in [5, 5.41) is 11.9. The highest BCUT2D eigenvalue weighted by molar-refractivity contribution is 6.65. The molecule has 0 aromatic rings. The minimum Gasteiger partial charge on any atom is -0.389 e. The van der Waals surface area contributed by atoms with Gasteiger partial charge in [0, 0.05) is 6.42 Å². The van der Waals surface area contributed by atoms with E-state index in [2.05, 4.69) is 5.16 Å². The van der Waals surface area contributed by atoms with Crippen LogP contribution in [0.3, 0.4) is 0 Å². The molecule has 0 saturated heterocycles. The summed E-state index contributed by atoms with van der Waals surface area (Å²) in [7, 11) is 0. The van der Waals surface area contributed by atoms with Crippen molar-refractivity contribution in [3.63, 3.8) is 0 Å². The van der Waals surface area contributed by atoms with Crippen molar-refractivity contribution in [1.82, 2.24) is 0 Å². The summed E-state index contributed by atoms with van der Waals surface area (Å²) in [6, 6.07) is 0.456. The molecule has 0 fully saturated rings. The second kappa shape index (κ2) is 3.52. The smallest absolute Gasteiger partial charge is 0.252 e. The summed E-state index contributed by atoms with van der Waals surface area (Å²) in [5.74, 6) is -0.721. The van der Waals surface area contributed by atoms with E-state index in [0.29, 0.717) is 0 Å². The van der Waals surface area contributed by atoms with Crippen molar-refractivity contribution < 1.29 is 9.63 Å². The van der Waals surface area contributed by atoms with Gasteiger partial charge >= 0.3 is 0 Å². The van der Waals surface area contributed by atoms with Gasteiger partial charge in [0.2, 0.25) is 0 Å². The molecule has 0 bridgehead atoms. The van der Waals surface area contributed by atoms with Crippen LogP contribution in [0.1, 0.15) is 6.42 Å². The van der Waals surface area contributed by atoms with Gasteiger partial charge in [-0.1, -0.05) is 16.8 Å². The molecule has 2 N–H and O–H groups in total. The summed E-state index contributed by atoms with van der Waals surface area (Å²) < 4.78 is 0. The van der Waals surface area contributed by atoms with Crippen molar-refractivity contribution in [2.75, 3.05) is 0 Å². The number of ketones is 1. The van der Waals surface area contributed by atoms with Crippen LogP contribution in [-0.2, 0) is 9.63 Å². The highest BCUT2D eigenvalue weighted by atomic mass is 35.5. The normalized spacial score (nSPS) is 23.8. The van der Waals surface area contributed by atoms with Crippen molar-refractivity contribution in [3.8, 4) is 6.07 Å². The standard InChI is InChI=1S/C6H6ClN3O2/c7-5-1-4(12-10-5)6(9)3(11)2-8/h4,6H,1,9H2. The molecule has 2 unspecified atom stereocenters. The lowest BCUT2D eigenvalue weighted by molar-refractivity contribution is -0.118. The van der Waals surface area contributed by atoms with E-state index in [4.69, 9.17) is 27.4 Å². The fourth-order valence-corrected chi connectivity index (χ4v) is 0.993. The molecule has 6 heteroatoms. The molecule has 0 spiro atoms. The lowest BCUT2D eigenvalue weighted by Gasteiger charge is -2.11. The summed E-state index contributed by atoms with van der Waals surface area (Å²) >= 11 is 5.47. The van der Waals surface area contributed by atoms with Gasteiger partial charge in [-0.05, 0) is 0 Å². The Balaban J connectivity index is 2.52. The van der Waals surface area contributed by atoms with Gasteiger partial charge < -0.3 is 10.6 Å². The van der Waals surface area contributed by atoms with E-state index in [-0.39, 0.29) is 11.6 Å². The minimum absolute atomic E-state index is 0.265. The Bertz CT molecular complexity index is 270. The Kier molecular flexibility index (Phi) is 2.63. The third-order valence-corrected chi connectivity index (χ3v) is 1.69. The van der Waals surface area contributed by atoms with Gasteiger partial charge in [0.05, 0.1) is 0 Å². The molecule has 1 heterocycles. The predicted molar refractivity (Wildman–Crippen MR) is 41.4 cm³/mol. The Morgan fingerprint density at radius 3 is 3.08 bits per heavy atom. The summed E-state index contributed by atoms with van der Waals surface area (Å²) in [6.45, 7) is 0. The van der Waals surface area contributed by atoms with E-state index in [0.717, 1.165) is 0 Å². The maximum absolute atomic E-state index is 10.7. The fourth-order valence-electron chi connectivity index (χ4n) is 0.801. The van der Waals surface area contributed by atoms with Gasteiger partial charge in [-0.25, -0.2) is 0 Å². The molecule has 1 aliphatic heterocycles. The van der Waals surface area contributed by atoms with Gasteiger partial charge in [-0.3, -0.25) is 4.79 Å². The zero-order chi connectivity index (χ0) is 9.14. The number of halogens is 1. The molecule has 0 aromatic heterocycles. The SMILES string of the molecule is N#CC(=O)C(N)C1CC(Cl)=NO1. The molecule has 1 rings (SSSR count). The van der Waals surface area contributed by atoms with Crippen LogP contribution < -0.4 is 5.73 Å². The van der Waals surface area contributed by atoms with Crippen LogP contribution in [0, 0.1) is 11.3 Å². The monoisotopic (exact) mass is 187 g/mol. The molecular weight excluding hydrogens is 182 g/mol. The van der Waals surface area contributed by atoms with E-state index in [1.54, 1.807) is 0 Å². The van der Waals surface area contributed by atoms with E-state index in [9.17, 15) is 4.79 Å². The number of oxime groups is 1. The number of carbonyl (C=O) groups is 1. The molecule has 0 radical (unpaired) electrons. The van der Waals surface area contributed by atoms with E-state index in [1.807, 2.05) is 0 Å². The predicted octanol–water partition coefficient (Wildman–Crippen LogP) is -0.252. The number of carbonyl (C=O) groups excluding carboxylic acids is 1. The van der Waals surface area contributed by atoms with Crippen molar-refractivity contribution in [1.29, 1.82) is 5.26 Å². The number of nitriles is 1. The number of rotatable bonds is 2. The molecular formula is C6H6ClN3O2. The molecule has 0 aliphatic carbocycles. The number of hydrogen-bond acceptors (Lipinski definition) is 5. The second-order valence-corrected chi connectivity index (χ2v) is 2.75. The first kappa shape index (κ1) is 8.97. The van der Waals surface area contributed by atoms with Crippen LogP contribution in [0.4, 0.5) is 0 Å². The van der Waals surface area contributed by atoms with Gasteiger partial charge in [0.1, 0.15) is 17.3 Å². The van der Waals surface area contributed by atoms with Gasteiger partial charge in [0.15, 0.2) is 6.10 Å². The first-order valence-electron chi connectivity index (χ1n) is 3.23. The van der Waals surface area contributed by atoms with Crippen molar-refractivity contribution in [3.05, 3.63) is 0 Å². The zero-order valence-corrected chi connectivity index (χ0v) is 6.78. The fraction of sp³-hybridized carbons (Fsp3) is 0.500. The average molecular weight is 188 g/mol. The topological polar surface area (TPSA) is 88.5 Å². The molecule has 64 valence electrons. The zero-order valence-electron chi connectivity index (χ0n) is 6.03. The molecule has 12 heavy (non-hydrogen) atoms. The number of Topliss-reactive ketones (excluding diaryl/α,β-unsaturated/α-hetero) is 1. The van der Waals surface area contributed by atoms with Crippen LogP contribution in [0.2, 0.25) is 0 Å². The first-order chi connectivity index (χ1) is 5.65. The van der Waals surface area contributed by atoms with E-state index < -0.39 is 17.9 Å². The molecule has 0 amide bonds. The van der Waals surface area contributed by atoms with E-state index >= 15 is 0 Å². The van der Waals surface area contributed by atoms with E-state index in [1.165, 1.54) is 6.07 Å². The van der Waals surface area contributed by atoms with Crippen molar-refractivity contribution in [2.45, 2.75) is 18.6 Å². The maximum Gasteiger partial charge on any atom is 0.252 e. The van der Waals surface area contributed by atoms with Gasteiger partial charge in [0.25, 0.3) is 5.78 Å². The van der Waals surface area contributed by atoms with Crippen LogP contribution in [0.25, 0.3) is 0 Å². The van der Waals surface area contributed by atoms with Crippen molar-refractivity contribution >= 4 is 22.6 Å². The Morgan fingerprint density at radius 1 is 2.00 bits per heavy atom.